The van der Waals surface area contributed by atoms with Gasteiger partial charge in [0, 0.05) is 13.1 Å². The Morgan fingerprint density at radius 2 is 2.18 bits per heavy atom. The third-order valence-corrected chi connectivity index (χ3v) is 2.24. The van der Waals surface area contributed by atoms with Crippen LogP contribution in [0.1, 0.15) is 31.3 Å². The summed E-state index contributed by atoms with van der Waals surface area (Å²) in [5.41, 5.74) is 4.91. The number of amides is 1. The Hall–Kier alpha value is -1.62. The number of likely N-dealkylation sites (N-methyl/N-ethyl adjacent to an activating group) is 1. The van der Waals surface area contributed by atoms with Gasteiger partial charge in [0.2, 0.25) is 0 Å². The van der Waals surface area contributed by atoms with Crippen molar-refractivity contribution in [3.63, 3.8) is 0 Å². The molecule has 0 aliphatic carbocycles. The first-order chi connectivity index (χ1) is 7.83. The van der Waals surface area contributed by atoms with Crippen LogP contribution in [-0.4, -0.2) is 39.6 Å². The van der Waals surface area contributed by atoms with Crippen LogP contribution in [0.3, 0.4) is 0 Å². The average Bonchev–Trinajstić information content (AvgIpc) is 2.23. The highest BCUT2D eigenvalue weighted by Crippen LogP contribution is 2.09. The van der Waals surface area contributed by atoms with Crippen LogP contribution in [0.4, 0.5) is 5.82 Å². The number of aromatic nitrogens is 1. The second kappa shape index (κ2) is 5.14. The van der Waals surface area contributed by atoms with Gasteiger partial charge in [-0.2, -0.15) is 0 Å². The van der Waals surface area contributed by atoms with Crippen molar-refractivity contribution < 1.29 is 9.90 Å². The number of aliphatic hydroxyl groups is 1. The first-order valence-electron chi connectivity index (χ1n) is 5.57. The highest BCUT2D eigenvalue weighted by molar-refractivity contribution is 5.92. The van der Waals surface area contributed by atoms with E-state index >= 15 is 0 Å². The van der Waals surface area contributed by atoms with E-state index in [9.17, 15) is 9.90 Å². The minimum absolute atomic E-state index is 0.220. The Morgan fingerprint density at radius 3 is 2.65 bits per heavy atom. The molecule has 0 aromatic carbocycles. The van der Waals surface area contributed by atoms with Crippen LogP contribution in [0.2, 0.25) is 0 Å². The molecule has 1 aromatic heterocycles. The predicted octanol–water partition coefficient (Wildman–Crippen LogP) is 0.897. The molecule has 0 aliphatic rings. The van der Waals surface area contributed by atoms with E-state index in [2.05, 4.69) is 4.98 Å². The average molecular weight is 237 g/mol. The number of nitrogens with two attached hydrogens (primary N) is 1. The summed E-state index contributed by atoms with van der Waals surface area (Å²) < 4.78 is 0. The smallest absolute Gasteiger partial charge is 0.272 e. The van der Waals surface area contributed by atoms with Gasteiger partial charge in [0.15, 0.2) is 0 Å². The third-order valence-electron chi connectivity index (χ3n) is 2.24. The topological polar surface area (TPSA) is 79.5 Å². The first-order valence-corrected chi connectivity index (χ1v) is 5.57. The van der Waals surface area contributed by atoms with Gasteiger partial charge in [-0.25, -0.2) is 4.98 Å². The number of anilines is 1. The number of hydrogen-bond acceptors (Lipinski definition) is 4. The molecule has 0 bridgehead atoms. The summed E-state index contributed by atoms with van der Waals surface area (Å²) in [5, 5.41) is 9.73. The molecule has 0 aliphatic heterocycles. The van der Waals surface area contributed by atoms with Gasteiger partial charge in [-0.1, -0.05) is 6.07 Å². The van der Waals surface area contributed by atoms with Crippen molar-refractivity contribution in [2.24, 2.45) is 0 Å². The number of rotatable bonds is 4. The Balaban J connectivity index is 2.87. The summed E-state index contributed by atoms with van der Waals surface area (Å²) in [6, 6.07) is 4.93. The van der Waals surface area contributed by atoms with E-state index in [4.69, 9.17) is 5.73 Å². The molecule has 0 saturated carbocycles. The van der Waals surface area contributed by atoms with Gasteiger partial charge < -0.3 is 15.7 Å². The molecule has 3 N–H and O–H groups in total. The highest BCUT2D eigenvalue weighted by Gasteiger charge is 2.22. The zero-order chi connectivity index (χ0) is 13.1. The van der Waals surface area contributed by atoms with E-state index in [0.717, 1.165) is 0 Å². The third kappa shape index (κ3) is 4.03. The molecule has 1 aromatic rings. The van der Waals surface area contributed by atoms with Gasteiger partial charge in [-0.15, -0.1) is 0 Å². The Bertz CT molecular complexity index is 399. The highest BCUT2D eigenvalue weighted by atomic mass is 16.3. The molecule has 1 heterocycles. The fourth-order valence-electron chi connectivity index (χ4n) is 1.53. The maximum Gasteiger partial charge on any atom is 0.272 e. The van der Waals surface area contributed by atoms with Crippen LogP contribution in [-0.2, 0) is 0 Å². The van der Waals surface area contributed by atoms with Crippen LogP contribution in [0.25, 0.3) is 0 Å². The van der Waals surface area contributed by atoms with Crippen LogP contribution in [0, 0.1) is 0 Å². The van der Waals surface area contributed by atoms with Gasteiger partial charge >= 0.3 is 0 Å². The first kappa shape index (κ1) is 13.4. The van der Waals surface area contributed by atoms with Crippen molar-refractivity contribution >= 4 is 11.7 Å². The number of nitrogen functional groups attached to an aromatic ring is 1. The van der Waals surface area contributed by atoms with E-state index in [0.29, 0.717) is 18.1 Å². The van der Waals surface area contributed by atoms with Crippen molar-refractivity contribution in [1.82, 2.24) is 9.88 Å². The van der Waals surface area contributed by atoms with Crippen molar-refractivity contribution in [2.75, 3.05) is 18.8 Å². The van der Waals surface area contributed by atoms with E-state index in [1.807, 2.05) is 6.92 Å². The lowest BCUT2D eigenvalue weighted by Gasteiger charge is -2.27. The normalized spacial score (nSPS) is 11.3. The van der Waals surface area contributed by atoms with Gasteiger partial charge in [0.25, 0.3) is 5.91 Å². The number of pyridine rings is 1. The van der Waals surface area contributed by atoms with Crippen molar-refractivity contribution in [3.05, 3.63) is 23.9 Å². The number of carbonyl (C=O) groups is 1. The number of hydrogen-bond donors (Lipinski definition) is 2. The summed E-state index contributed by atoms with van der Waals surface area (Å²) in [7, 11) is 0. The Labute approximate surface area is 101 Å². The van der Waals surface area contributed by atoms with E-state index < -0.39 is 5.60 Å². The van der Waals surface area contributed by atoms with E-state index in [1.54, 1.807) is 36.9 Å². The van der Waals surface area contributed by atoms with Crippen LogP contribution >= 0.6 is 0 Å². The molecular weight excluding hydrogens is 218 g/mol. The number of carbonyl (C=O) groups excluding carboxylic acids is 1. The fraction of sp³-hybridized carbons (Fsp3) is 0.500. The van der Waals surface area contributed by atoms with Gasteiger partial charge in [0.05, 0.1) is 5.60 Å². The van der Waals surface area contributed by atoms with Gasteiger partial charge in [0.1, 0.15) is 11.5 Å². The summed E-state index contributed by atoms with van der Waals surface area (Å²) in [5.74, 6) is 0.0945. The lowest BCUT2D eigenvalue weighted by Crippen LogP contribution is -2.42. The minimum Gasteiger partial charge on any atom is -0.389 e. The van der Waals surface area contributed by atoms with E-state index in [1.165, 1.54) is 0 Å². The summed E-state index contributed by atoms with van der Waals surface area (Å²) in [6.45, 7) is 5.96. The van der Waals surface area contributed by atoms with Crippen LogP contribution in [0.5, 0.6) is 0 Å². The minimum atomic E-state index is -0.925. The molecule has 1 amide bonds. The van der Waals surface area contributed by atoms with E-state index in [-0.39, 0.29) is 12.5 Å². The van der Waals surface area contributed by atoms with Crippen molar-refractivity contribution in [3.8, 4) is 0 Å². The Morgan fingerprint density at radius 1 is 1.53 bits per heavy atom. The molecule has 0 unspecified atom stereocenters. The summed E-state index contributed by atoms with van der Waals surface area (Å²) in [4.78, 5) is 17.6. The largest absolute Gasteiger partial charge is 0.389 e. The second-order valence-electron chi connectivity index (χ2n) is 4.58. The van der Waals surface area contributed by atoms with Crippen molar-refractivity contribution in [2.45, 2.75) is 26.4 Å². The fourth-order valence-corrected chi connectivity index (χ4v) is 1.53. The van der Waals surface area contributed by atoms with Gasteiger partial charge in [-0.05, 0) is 32.9 Å². The molecule has 0 fully saturated rings. The molecule has 17 heavy (non-hydrogen) atoms. The monoisotopic (exact) mass is 237 g/mol. The molecule has 5 heteroatoms. The molecule has 94 valence electrons. The zero-order valence-corrected chi connectivity index (χ0v) is 10.5. The van der Waals surface area contributed by atoms with Gasteiger partial charge in [-0.3, -0.25) is 4.79 Å². The standard InChI is InChI=1S/C12H19N3O2/c1-4-15(8-12(2,3)17)11(16)9-6-5-7-10(13)14-9/h5-7,17H,4,8H2,1-3H3,(H2,13,14). The lowest BCUT2D eigenvalue weighted by molar-refractivity contribution is 0.0311. The molecule has 1 rings (SSSR count). The van der Waals surface area contributed by atoms with Crippen LogP contribution in [0.15, 0.2) is 18.2 Å². The SMILES string of the molecule is CCN(CC(C)(C)O)C(=O)c1cccc(N)n1. The second-order valence-corrected chi connectivity index (χ2v) is 4.58. The molecule has 0 atom stereocenters. The predicted molar refractivity (Wildman–Crippen MR) is 66.5 cm³/mol. The molecule has 0 radical (unpaired) electrons. The number of nitrogens with zero attached hydrogens (tertiary/aromatic N) is 2. The lowest BCUT2D eigenvalue weighted by atomic mass is 10.1. The molecule has 0 saturated heterocycles. The molecular formula is C12H19N3O2. The maximum absolute atomic E-state index is 12.1. The quantitative estimate of drug-likeness (QED) is 0.815. The van der Waals surface area contributed by atoms with Crippen molar-refractivity contribution in [1.29, 1.82) is 0 Å². The molecule has 0 spiro atoms. The summed E-state index contributed by atoms with van der Waals surface area (Å²) in [6.07, 6.45) is 0. The molecule has 5 nitrogen and oxygen atoms in total. The van der Waals surface area contributed by atoms with Crippen LogP contribution < -0.4 is 5.73 Å². The Kier molecular flexibility index (Phi) is 4.07. The summed E-state index contributed by atoms with van der Waals surface area (Å²) >= 11 is 0. The zero-order valence-electron chi connectivity index (χ0n) is 10.5. The maximum atomic E-state index is 12.1.